The Morgan fingerprint density at radius 2 is 0.333 bits per heavy atom. The van der Waals surface area contributed by atoms with Gasteiger partial charge in [-0.05, 0) is 206 Å². The maximum absolute atomic E-state index is 14.7. The minimum atomic E-state index is -1.81. The van der Waals surface area contributed by atoms with Gasteiger partial charge >= 0.3 is 59.8 Å². The quantitative estimate of drug-likeness (QED) is 0.0188. The van der Waals surface area contributed by atoms with Crippen LogP contribution in [0.1, 0.15) is 290 Å². The maximum Gasteiger partial charge on any atom is 0.315 e. The Hall–Kier alpha value is -7.61. The fraction of sp³-hybridized carbons (Fsp3) is 0.863. The second-order valence-electron chi connectivity index (χ2n) is 42.3. The van der Waals surface area contributed by atoms with Crippen molar-refractivity contribution in [3.63, 3.8) is 0 Å². The topological polar surface area (TPSA) is 502 Å². The van der Waals surface area contributed by atoms with E-state index in [4.69, 9.17) is 105 Å². The van der Waals surface area contributed by atoms with Crippen molar-refractivity contribution in [3.05, 3.63) is 0 Å². The molecule has 0 saturated heterocycles. The van der Waals surface area contributed by atoms with E-state index in [1.165, 1.54) is 0 Å². The molecule has 0 heterocycles. The lowest BCUT2D eigenvalue weighted by atomic mass is 10.0. The third-order valence-electron chi connectivity index (χ3n) is 16.8. The minimum Gasteiger partial charge on any atom is -0.460 e. The largest absolute Gasteiger partial charge is 0.460 e. The van der Waals surface area contributed by atoms with Crippen molar-refractivity contribution in [3.8, 4) is 0 Å². The molecule has 40 nitrogen and oxygen atoms in total. The molecule has 7 N–H and O–H groups in total. The van der Waals surface area contributed by atoms with Crippen LogP contribution in [0.5, 0.6) is 0 Å². The molecule has 0 aromatic carbocycles. The molecule has 786 valence electrons. The molecule has 0 aliphatic carbocycles. The van der Waals surface area contributed by atoms with Gasteiger partial charge in [0.05, 0.1) is 216 Å². The monoisotopic (exact) mass is 1940 g/mol. The van der Waals surface area contributed by atoms with Crippen molar-refractivity contribution in [1.82, 2.24) is 26.6 Å². The van der Waals surface area contributed by atoms with Gasteiger partial charge in [0.25, 0.3) is 0 Å². The Balaban J connectivity index is 8.57. The lowest BCUT2D eigenvalue weighted by Crippen LogP contribution is -2.61. The van der Waals surface area contributed by atoms with Gasteiger partial charge in [0.15, 0.2) is 0 Å². The van der Waals surface area contributed by atoms with E-state index < -0.39 is 209 Å². The van der Waals surface area contributed by atoms with Crippen LogP contribution in [0.15, 0.2) is 0 Å². The number of carbonyl (C=O) groups is 13. The van der Waals surface area contributed by atoms with Gasteiger partial charge in [0.1, 0.15) is 72.6 Å². The number of urea groups is 1. The van der Waals surface area contributed by atoms with Crippen molar-refractivity contribution in [1.29, 1.82) is 0 Å². The van der Waals surface area contributed by atoms with Gasteiger partial charge in [0, 0.05) is 25.8 Å². The normalized spacial score (nSPS) is 12.8. The SMILES string of the molecule is CC(C)(C)OC(=O)CCOCC(COCCC(=O)OC(C)(C)C)(COCCC(=O)OC(C)(C)C)NC(=O)CCOCC(COCCC(=O)NC(COCCC(=O)OC(C)(C)C)(COCCC(=O)OC(C)(C)C)COCCC(=O)OC(C)(C)C)(COCCC(=O)NC(COCCC(=O)OC(C)(C)C)(COCCC(=O)OC(C)(C)C)COCCC(=O)OC(C)(C)C)NC(=O)NCCCCCCN. The molecule has 0 aliphatic rings. The Morgan fingerprint density at radius 1 is 0.193 bits per heavy atom. The molecule has 0 bridgehead atoms. The molecule has 0 atom stereocenters. The van der Waals surface area contributed by atoms with Crippen LogP contribution in [-0.2, 0) is 157 Å². The van der Waals surface area contributed by atoms with Gasteiger partial charge in [0.2, 0.25) is 17.7 Å². The summed E-state index contributed by atoms with van der Waals surface area (Å²) >= 11 is 0. The van der Waals surface area contributed by atoms with E-state index in [0.717, 1.165) is 12.8 Å². The fourth-order valence-corrected chi connectivity index (χ4v) is 11.8. The number of rotatable bonds is 70. The standard InChI is InChI=1S/C95H172N6O34/c1-83(2,3)127-73(105)35-49-118-58-92(59-119-50-36-74(106)128-84(4,5)6,60-120-51-37-75(107)129-85(7,8)9)98-70(102)32-46-115-67-95(101-82(114)97-45-31-29-28-30-44-96,68-116-47-33-71(103)99-93(61-121-52-38-76(108)130-86(10,11)12,62-122-53-39-77(109)131-87(13,14)15)63-123-54-40-78(110)132-88(16,17)18)69-117-48-34-72(104)100-94(64-124-55-41-79(111)133-89(19,20)21,65-125-56-42-80(112)134-90(22,23)24)66-126-57-43-81(113)135-91(25,26)27/h28-69,96H2,1-27H3,(H,98,102)(H,99,103)(H,100,104)(H2,97,101,114). The number of amides is 5. The molecule has 0 radical (unpaired) electrons. The minimum absolute atomic E-state index is 0.168. The van der Waals surface area contributed by atoms with E-state index in [-0.39, 0.29) is 183 Å². The van der Waals surface area contributed by atoms with Crippen molar-refractivity contribution >= 4 is 77.5 Å². The van der Waals surface area contributed by atoms with Gasteiger partial charge in [-0.2, -0.15) is 0 Å². The summed E-state index contributed by atoms with van der Waals surface area (Å²) in [4.78, 5) is 175. The summed E-state index contributed by atoms with van der Waals surface area (Å²) < 4.78 is 124. The summed E-state index contributed by atoms with van der Waals surface area (Å²) in [5.41, 5.74) is -8.26. The van der Waals surface area contributed by atoms with Crippen LogP contribution in [0, 0.1) is 0 Å². The molecule has 0 rings (SSSR count). The van der Waals surface area contributed by atoms with Crippen LogP contribution in [0.3, 0.4) is 0 Å². The van der Waals surface area contributed by atoms with E-state index in [0.29, 0.717) is 19.4 Å². The van der Waals surface area contributed by atoms with Gasteiger partial charge in [-0.25, -0.2) is 4.79 Å². The molecular formula is C95H172N6O34. The zero-order valence-corrected chi connectivity index (χ0v) is 86.7. The molecule has 0 fully saturated rings. The van der Waals surface area contributed by atoms with Crippen LogP contribution < -0.4 is 32.3 Å². The highest BCUT2D eigenvalue weighted by atomic mass is 16.6. The summed E-state index contributed by atoms with van der Waals surface area (Å²) in [6.45, 7) is 38.8. The summed E-state index contributed by atoms with van der Waals surface area (Å²) in [5, 5.41) is 14.7. The van der Waals surface area contributed by atoms with Gasteiger partial charge in [-0.3, -0.25) is 57.5 Å². The summed E-state index contributed by atoms with van der Waals surface area (Å²) in [6.07, 6.45) is -0.395. The number of hydrogen-bond acceptors (Lipinski definition) is 35. The summed E-state index contributed by atoms with van der Waals surface area (Å²) in [6, 6.07) is -0.753. The first-order valence-corrected chi connectivity index (χ1v) is 46.8. The second kappa shape index (κ2) is 63.2. The zero-order valence-electron chi connectivity index (χ0n) is 86.7. The molecule has 5 amide bonds. The molecule has 0 unspecified atom stereocenters. The first-order valence-electron chi connectivity index (χ1n) is 46.8. The second-order valence-corrected chi connectivity index (χ2v) is 42.3. The molecule has 0 saturated carbocycles. The number of carbonyl (C=O) groups excluding carboxylic acids is 13. The predicted molar refractivity (Wildman–Crippen MR) is 497 cm³/mol. The molecule has 0 aliphatic heterocycles. The average Bonchev–Trinajstić information content (AvgIpc) is 0.837. The zero-order chi connectivity index (χ0) is 103. The Labute approximate surface area is 802 Å². The number of nitrogens with two attached hydrogens (primary N) is 1. The van der Waals surface area contributed by atoms with Crippen LogP contribution in [0.2, 0.25) is 0 Å². The highest BCUT2D eigenvalue weighted by molar-refractivity contribution is 5.79. The number of nitrogens with one attached hydrogen (secondary N) is 5. The highest BCUT2D eigenvalue weighted by Crippen LogP contribution is 2.22. The molecule has 0 aromatic heterocycles. The van der Waals surface area contributed by atoms with Crippen molar-refractivity contribution in [2.24, 2.45) is 5.73 Å². The molecular weight excluding hydrogens is 1770 g/mol. The number of hydrogen-bond donors (Lipinski definition) is 6. The lowest BCUT2D eigenvalue weighted by Gasteiger charge is -2.36. The molecule has 0 aromatic rings. The fourth-order valence-electron chi connectivity index (χ4n) is 11.8. The average molecular weight is 1940 g/mol. The first-order chi connectivity index (χ1) is 62.2. The highest BCUT2D eigenvalue weighted by Gasteiger charge is 2.41. The summed E-state index contributed by atoms with van der Waals surface area (Å²) in [7, 11) is 0. The van der Waals surface area contributed by atoms with E-state index in [1.807, 2.05) is 0 Å². The Morgan fingerprint density at radius 3 is 0.481 bits per heavy atom. The van der Waals surface area contributed by atoms with Crippen LogP contribution in [-0.4, -0.2) is 322 Å². The van der Waals surface area contributed by atoms with Gasteiger partial charge < -0.3 is 132 Å². The molecule has 135 heavy (non-hydrogen) atoms. The maximum atomic E-state index is 14.7. The summed E-state index contributed by atoms with van der Waals surface area (Å²) in [5.74, 6) is -7.24. The van der Waals surface area contributed by atoms with E-state index in [1.54, 1.807) is 187 Å². The Kier molecular flexibility index (Phi) is 59.6. The van der Waals surface area contributed by atoms with Crippen molar-refractivity contribution in [2.75, 3.05) is 172 Å². The lowest BCUT2D eigenvalue weighted by molar-refractivity contribution is -0.159. The van der Waals surface area contributed by atoms with Gasteiger partial charge in [-0.1, -0.05) is 12.8 Å². The molecule has 0 spiro atoms. The van der Waals surface area contributed by atoms with E-state index in [2.05, 4.69) is 26.6 Å². The third kappa shape index (κ3) is 75.1. The van der Waals surface area contributed by atoms with Crippen molar-refractivity contribution in [2.45, 2.75) is 362 Å². The van der Waals surface area contributed by atoms with Crippen LogP contribution >= 0.6 is 0 Å². The van der Waals surface area contributed by atoms with E-state index in [9.17, 15) is 62.3 Å². The molecule has 40 heteroatoms. The smallest absolute Gasteiger partial charge is 0.315 e. The van der Waals surface area contributed by atoms with Gasteiger partial charge in [-0.15, -0.1) is 0 Å². The van der Waals surface area contributed by atoms with Crippen LogP contribution in [0.25, 0.3) is 0 Å². The number of ether oxygens (including phenoxy) is 21. The first kappa shape index (κ1) is 127. The predicted octanol–water partition coefficient (Wildman–Crippen LogP) is 9.06. The Bertz CT molecular complexity index is 2900. The third-order valence-corrected chi connectivity index (χ3v) is 16.8. The van der Waals surface area contributed by atoms with E-state index >= 15 is 0 Å². The van der Waals surface area contributed by atoms with Crippen molar-refractivity contribution < 1.29 is 162 Å². The number of unbranched alkanes of at least 4 members (excludes halogenated alkanes) is 3. The number of esters is 9. The van der Waals surface area contributed by atoms with Crippen LogP contribution in [0.4, 0.5) is 4.79 Å².